The second-order valence-corrected chi connectivity index (χ2v) is 4.69. The Hall–Kier alpha value is -2.69. The van der Waals surface area contributed by atoms with Crippen LogP contribution < -0.4 is 0 Å². The number of aromatic nitrogens is 3. The average Bonchev–Trinajstić information content (AvgIpc) is 2.94. The molecule has 2 heterocycles. The van der Waals surface area contributed by atoms with E-state index in [1.807, 2.05) is 30.3 Å². The standard InChI is InChI=1S/C15H14N4O/c1-19(10-11-3-2-6-16-8-11)15(20)12-4-5-13-9-17-18-14(13)7-12/h2-9H,10H2,1H3,(H,17,18). The van der Waals surface area contributed by atoms with Crippen LogP contribution in [0, 0.1) is 0 Å². The molecule has 0 aliphatic rings. The van der Waals surface area contributed by atoms with E-state index in [2.05, 4.69) is 15.2 Å². The SMILES string of the molecule is CN(Cc1cccnc1)C(=O)c1ccc2cn[nH]c2c1. The van der Waals surface area contributed by atoms with E-state index >= 15 is 0 Å². The summed E-state index contributed by atoms with van der Waals surface area (Å²) in [5.74, 6) is -0.0228. The fourth-order valence-electron chi connectivity index (χ4n) is 2.13. The van der Waals surface area contributed by atoms with Crippen LogP contribution in [0.25, 0.3) is 10.9 Å². The lowest BCUT2D eigenvalue weighted by molar-refractivity contribution is 0.0785. The Morgan fingerprint density at radius 2 is 2.20 bits per heavy atom. The van der Waals surface area contributed by atoms with Gasteiger partial charge < -0.3 is 4.90 Å². The number of nitrogens with one attached hydrogen (secondary N) is 1. The van der Waals surface area contributed by atoms with Gasteiger partial charge in [0.05, 0.1) is 11.7 Å². The molecule has 0 aliphatic heterocycles. The minimum absolute atomic E-state index is 0.0228. The van der Waals surface area contributed by atoms with Crippen LogP contribution in [-0.4, -0.2) is 33.0 Å². The zero-order valence-corrected chi connectivity index (χ0v) is 11.1. The third-order valence-electron chi connectivity index (χ3n) is 3.18. The summed E-state index contributed by atoms with van der Waals surface area (Å²) >= 11 is 0. The van der Waals surface area contributed by atoms with Gasteiger partial charge in [0.1, 0.15) is 0 Å². The van der Waals surface area contributed by atoms with Crippen molar-refractivity contribution in [3.05, 3.63) is 60.0 Å². The van der Waals surface area contributed by atoms with Gasteiger partial charge in [-0.15, -0.1) is 0 Å². The molecule has 1 N–H and O–H groups in total. The first-order chi connectivity index (χ1) is 9.74. The van der Waals surface area contributed by atoms with E-state index < -0.39 is 0 Å². The van der Waals surface area contributed by atoms with Crippen molar-refractivity contribution >= 4 is 16.8 Å². The number of amides is 1. The van der Waals surface area contributed by atoms with Gasteiger partial charge in [0.15, 0.2) is 0 Å². The Balaban J connectivity index is 1.80. The van der Waals surface area contributed by atoms with Gasteiger partial charge in [-0.25, -0.2) is 0 Å². The maximum absolute atomic E-state index is 12.4. The second kappa shape index (κ2) is 5.13. The molecular formula is C15H14N4O. The summed E-state index contributed by atoms with van der Waals surface area (Å²) in [5.41, 5.74) is 2.52. The lowest BCUT2D eigenvalue weighted by Gasteiger charge is -2.17. The third-order valence-corrected chi connectivity index (χ3v) is 3.18. The van der Waals surface area contributed by atoms with E-state index in [0.717, 1.165) is 16.5 Å². The first-order valence-corrected chi connectivity index (χ1v) is 6.31. The van der Waals surface area contributed by atoms with Crippen molar-refractivity contribution in [1.29, 1.82) is 0 Å². The van der Waals surface area contributed by atoms with Gasteiger partial charge in [-0.3, -0.25) is 14.9 Å². The Kier molecular flexibility index (Phi) is 3.16. The van der Waals surface area contributed by atoms with Crippen LogP contribution in [-0.2, 0) is 6.54 Å². The van der Waals surface area contributed by atoms with Crippen molar-refractivity contribution in [3.8, 4) is 0 Å². The van der Waals surface area contributed by atoms with Gasteiger partial charge in [0, 0.05) is 36.9 Å². The fraction of sp³-hybridized carbons (Fsp3) is 0.133. The maximum atomic E-state index is 12.4. The number of aromatic amines is 1. The summed E-state index contributed by atoms with van der Waals surface area (Å²) < 4.78 is 0. The van der Waals surface area contributed by atoms with E-state index in [9.17, 15) is 4.79 Å². The monoisotopic (exact) mass is 266 g/mol. The van der Waals surface area contributed by atoms with Gasteiger partial charge >= 0.3 is 0 Å². The topological polar surface area (TPSA) is 61.9 Å². The van der Waals surface area contributed by atoms with E-state index in [1.165, 1.54) is 0 Å². The molecule has 5 nitrogen and oxygen atoms in total. The van der Waals surface area contributed by atoms with Gasteiger partial charge in [0.2, 0.25) is 0 Å². The molecule has 3 rings (SSSR count). The number of fused-ring (bicyclic) bond motifs is 1. The Bertz CT molecular complexity index is 736. The van der Waals surface area contributed by atoms with Crippen LogP contribution in [0.15, 0.2) is 48.9 Å². The molecule has 100 valence electrons. The van der Waals surface area contributed by atoms with E-state index in [1.54, 1.807) is 30.5 Å². The van der Waals surface area contributed by atoms with E-state index in [4.69, 9.17) is 0 Å². The molecular weight excluding hydrogens is 252 g/mol. The van der Waals surface area contributed by atoms with Crippen molar-refractivity contribution in [2.24, 2.45) is 0 Å². The minimum Gasteiger partial charge on any atom is -0.337 e. The van der Waals surface area contributed by atoms with Crippen molar-refractivity contribution in [3.63, 3.8) is 0 Å². The van der Waals surface area contributed by atoms with Gasteiger partial charge in [-0.1, -0.05) is 12.1 Å². The lowest BCUT2D eigenvalue weighted by atomic mass is 10.1. The van der Waals surface area contributed by atoms with Crippen molar-refractivity contribution in [2.75, 3.05) is 7.05 Å². The van der Waals surface area contributed by atoms with Crippen LogP contribution in [0.3, 0.4) is 0 Å². The van der Waals surface area contributed by atoms with Crippen LogP contribution in [0.1, 0.15) is 15.9 Å². The van der Waals surface area contributed by atoms with Crippen molar-refractivity contribution in [2.45, 2.75) is 6.54 Å². The predicted molar refractivity (Wildman–Crippen MR) is 76.1 cm³/mol. The Morgan fingerprint density at radius 1 is 1.30 bits per heavy atom. The largest absolute Gasteiger partial charge is 0.337 e. The first-order valence-electron chi connectivity index (χ1n) is 6.31. The molecule has 5 heteroatoms. The van der Waals surface area contributed by atoms with Crippen LogP contribution in [0.4, 0.5) is 0 Å². The number of hydrogen-bond donors (Lipinski definition) is 1. The number of hydrogen-bond acceptors (Lipinski definition) is 3. The van der Waals surface area contributed by atoms with E-state index in [0.29, 0.717) is 12.1 Å². The highest BCUT2D eigenvalue weighted by Crippen LogP contribution is 2.15. The van der Waals surface area contributed by atoms with Crippen LogP contribution >= 0.6 is 0 Å². The molecule has 1 aromatic carbocycles. The summed E-state index contributed by atoms with van der Waals surface area (Å²) in [6, 6.07) is 9.35. The number of carbonyl (C=O) groups excluding carboxylic acids is 1. The summed E-state index contributed by atoms with van der Waals surface area (Å²) in [5, 5.41) is 7.83. The van der Waals surface area contributed by atoms with Crippen molar-refractivity contribution in [1.82, 2.24) is 20.1 Å². The normalized spacial score (nSPS) is 10.7. The molecule has 0 spiro atoms. The van der Waals surface area contributed by atoms with Gasteiger partial charge in [-0.05, 0) is 23.8 Å². The second-order valence-electron chi connectivity index (χ2n) is 4.69. The average molecular weight is 266 g/mol. The summed E-state index contributed by atoms with van der Waals surface area (Å²) in [6.07, 6.45) is 5.22. The molecule has 0 unspecified atom stereocenters. The molecule has 3 aromatic rings. The highest BCUT2D eigenvalue weighted by molar-refractivity contribution is 5.97. The maximum Gasteiger partial charge on any atom is 0.253 e. The quantitative estimate of drug-likeness (QED) is 0.790. The smallest absolute Gasteiger partial charge is 0.253 e. The molecule has 0 atom stereocenters. The van der Waals surface area contributed by atoms with Crippen molar-refractivity contribution < 1.29 is 4.79 Å². The van der Waals surface area contributed by atoms with Gasteiger partial charge in [-0.2, -0.15) is 5.10 Å². The summed E-state index contributed by atoms with van der Waals surface area (Å²) in [4.78, 5) is 18.1. The highest BCUT2D eigenvalue weighted by atomic mass is 16.2. The molecule has 0 fully saturated rings. The lowest BCUT2D eigenvalue weighted by Crippen LogP contribution is -2.26. The summed E-state index contributed by atoms with van der Waals surface area (Å²) in [6.45, 7) is 0.535. The molecule has 0 bridgehead atoms. The molecule has 2 aromatic heterocycles. The number of nitrogens with zero attached hydrogens (tertiary/aromatic N) is 3. The predicted octanol–water partition coefficient (Wildman–Crippen LogP) is 2.23. The third kappa shape index (κ3) is 2.38. The molecule has 0 aliphatic carbocycles. The van der Waals surface area contributed by atoms with E-state index in [-0.39, 0.29) is 5.91 Å². The molecule has 0 radical (unpaired) electrons. The Labute approximate surface area is 116 Å². The number of H-pyrrole nitrogens is 1. The Morgan fingerprint density at radius 3 is 3.00 bits per heavy atom. The number of benzene rings is 1. The number of pyridine rings is 1. The van der Waals surface area contributed by atoms with Crippen LogP contribution in [0.5, 0.6) is 0 Å². The molecule has 0 saturated carbocycles. The zero-order valence-electron chi connectivity index (χ0n) is 11.1. The highest BCUT2D eigenvalue weighted by Gasteiger charge is 2.12. The molecule has 0 saturated heterocycles. The molecule has 20 heavy (non-hydrogen) atoms. The summed E-state index contributed by atoms with van der Waals surface area (Å²) in [7, 11) is 1.78. The first kappa shape index (κ1) is 12.3. The van der Waals surface area contributed by atoms with Crippen LogP contribution in [0.2, 0.25) is 0 Å². The fourth-order valence-corrected chi connectivity index (χ4v) is 2.13. The molecule has 1 amide bonds. The minimum atomic E-state index is -0.0228. The number of carbonyl (C=O) groups is 1. The van der Waals surface area contributed by atoms with Gasteiger partial charge in [0.25, 0.3) is 5.91 Å². The number of rotatable bonds is 3. The zero-order chi connectivity index (χ0) is 13.9.